The predicted molar refractivity (Wildman–Crippen MR) is 107 cm³/mol. The summed E-state index contributed by atoms with van der Waals surface area (Å²) < 4.78 is 5.44. The fourth-order valence-electron chi connectivity index (χ4n) is 3.97. The minimum Gasteiger partial charge on any atom is -0.378 e. The van der Waals surface area contributed by atoms with Gasteiger partial charge in [-0.05, 0) is 29.7 Å². The van der Waals surface area contributed by atoms with Crippen LogP contribution in [0.15, 0.2) is 54.6 Å². The molecular formula is C22H29N3O. The fraction of sp³-hybridized carbons (Fsp3) is 0.455. The van der Waals surface area contributed by atoms with Gasteiger partial charge in [0, 0.05) is 51.0 Å². The second kappa shape index (κ2) is 8.67. The molecule has 138 valence electrons. The quantitative estimate of drug-likeness (QED) is 0.896. The molecule has 1 atom stereocenters. The first-order chi connectivity index (χ1) is 12.9. The highest BCUT2D eigenvalue weighted by molar-refractivity contribution is 5.48. The first-order valence-electron chi connectivity index (χ1n) is 9.78. The first-order valence-corrected chi connectivity index (χ1v) is 9.78. The van der Waals surface area contributed by atoms with Gasteiger partial charge in [-0.3, -0.25) is 4.90 Å². The van der Waals surface area contributed by atoms with E-state index in [1.54, 1.807) is 0 Å². The van der Waals surface area contributed by atoms with Crippen LogP contribution in [0.25, 0.3) is 0 Å². The predicted octanol–water partition coefficient (Wildman–Crippen LogP) is 2.54. The van der Waals surface area contributed by atoms with Crippen molar-refractivity contribution in [2.75, 3.05) is 50.8 Å². The van der Waals surface area contributed by atoms with Crippen LogP contribution in [0.1, 0.15) is 11.1 Å². The van der Waals surface area contributed by atoms with Crippen LogP contribution in [0, 0.1) is 0 Å². The van der Waals surface area contributed by atoms with Gasteiger partial charge < -0.3 is 15.0 Å². The van der Waals surface area contributed by atoms with Crippen molar-refractivity contribution < 1.29 is 4.74 Å². The van der Waals surface area contributed by atoms with E-state index < -0.39 is 0 Å². The van der Waals surface area contributed by atoms with Gasteiger partial charge in [0.1, 0.15) is 0 Å². The Labute approximate surface area is 156 Å². The standard InChI is InChI=1S/C22H29N3O/c1-2-4-20(5-3-1)17-24-11-10-23-21(18-24)16-19-6-8-22(9-7-19)25-12-14-26-15-13-25/h1-9,21,23H,10-18H2/t21-/m1/s1. The van der Waals surface area contributed by atoms with Crippen molar-refractivity contribution in [3.63, 3.8) is 0 Å². The SMILES string of the molecule is c1ccc(CN2CCN[C@H](Cc3ccc(N4CCOCC4)cc3)C2)cc1. The van der Waals surface area contributed by atoms with Crippen LogP contribution in [0.3, 0.4) is 0 Å². The van der Waals surface area contributed by atoms with Gasteiger partial charge in [-0.25, -0.2) is 0 Å². The van der Waals surface area contributed by atoms with Gasteiger partial charge in [0.15, 0.2) is 0 Å². The second-order valence-electron chi connectivity index (χ2n) is 7.34. The maximum absolute atomic E-state index is 5.44. The van der Waals surface area contributed by atoms with Crippen molar-refractivity contribution in [3.05, 3.63) is 65.7 Å². The Kier molecular flexibility index (Phi) is 5.85. The smallest absolute Gasteiger partial charge is 0.0642 e. The van der Waals surface area contributed by atoms with Gasteiger partial charge in [0.05, 0.1) is 13.2 Å². The number of piperazine rings is 1. The largest absolute Gasteiger partial charge is 0.378 e. The molecule has 4 rings (SSSR count). The molecule has 0 saturated carbocycles. The summed E-state index contributed by atoms with van der Waals surface area (Å²) in [6.45, 7) is 8.03. The molecule has 2 saturated heterocycles. The molecular weight excluding hydrogens is 322 g/mol. The Morgan fingerprint density at radius 3 is 2.42 bits per heavy atom. The summed E-state index contributed by atoms with van der Waals surface area (Å²) in [5.74, 6) is 0. The van der Waals surface area contributed by atoms with Gasteiger partial charge in [0.2, 0.25) is 0 Å². The van der Waals surface area contributed by atoms with Crippen molar-refractivity contribution in [1.82, 2.24) is 10.2 Å². The van der Waals surface area contributed by atoms with E-state index in [1.807, 2.05) is 0 Å². The molecule has 0 bridgehead atoms. The highest BCUT2D eigenvalue weighted by Gasteiger charge is 2.20. The molecule has 0 unspecified atom stereocenters. The molecule has 0 aliphatic carbocycles. The van der Waals surface area contributed by atoms with Gasteiger partial charge >= 0.3 is 0 Å². The van der Waals surface area contributed by atoms with Crippen LogP contribution in [-0.2, 0) is 17.7 Å². The van der Waals surface area contributed by atoms with Gasteiger partial charge in [-0.2, -0.15) is 0 Å². The number of rotatable bonds is 5. The van der Waals surface area contributed by atoms with Crippen LogP contribution in [-0.4, -0.2) is 56.9 Å². The Bertz CT molecular complexity index is 668. The lowest BCUT2D eigenvalue weighted by atomic mass is 10.0. The molecule has 4 nitrogen and oxygen atoms in total. The summed E-state index contributed by atoms with van der Waals surface area (Å²) in [4.78, 5) is 4.98. The summed E-state index contributed by atoms with van der Waals surface area (Å²) >= 11 is 0. The Morgan fingerprint density at radius 2 is 1.65 bits per heavy atom. The Hall–Kier alpha value is -1.88. The van der Waals surface area contributed by atoms with E-state index in [1.165, 1.54) is 16.8 Å². The van der Waals surface area contributed by atoms with E-state index in [2.05, 4.69) is 69.7 Å². The lowest BCUT2D eigenvalue weighted by molar-refractivity contribution is 0.122. The second-order valence-corrected chi connectivity index (χ2v) is 7.34. The van der Waals surface area contributed by atoms with Crippen LogP contribution in [0.5, 0.6) is 0 Å². The topological polar surface area (TPSA) is 27.7 Å². The maximum atomic E-state index is 5.44. The molecule has 0 aromatic heterocycles. The molecule has 0 spiro atoms. The van der Waals surface area contributed by atoms with E-state index >= 15 is 0 Å². The van der Waals surface area contributed by atoms with Gasteiger partial charge in [0.25, 0.3) is 0 Å². The molecule has 26 heavy (non-hydrogen) atoms. The number of ether oxygens (including phenoxy) is 1. The molecule has 2 fully saturated rings. The molecule has 4 heteroatoms. The van der Waals surface area contributed by atoms with E-state index in [4.69, 9.17) is 4.74 Å². The zero-order valence-corrected chi connectivity index (χ0v) is 15.4. The third-order valence-electron chi connectivity index (χ3n) is 5.38. The first kappa shape index (κ1) is 17.5. The fourth-order valence-corrected chi connectivity index (χ4v) is 3.97. The van der Waals surface area contributed by atoms with Crippen LogP contribution < -0.4 is 10.2 Å². The highest BCUT2D eigenvalue weighted by atomic mass is 16.5. The summed E-state index contributed by atoms with van der Waals surface area (Å²) in [5, 5.41) is 3.69. The zero-order chi connectivity index (χ0) is 17.6. The molecule has 2 heterocycles. The third-order valence-corrected chi connectivity index (χ3v) is 5.38. The lowest BCUT2D eigenvalue weighted by Crippen LogP contribution is -2.51. The average molecular weight is 351 g/mol. The van der Waals surface area contributed by atoms with Gasteiger partial charge in [-0.1, -0.05) is 42.5 Å². The van der Waals surface area contributed by atoms with Crippen LogP contribution in [0.2, 0.25) is 0 Å². The average Bonchev–Trinajstić information content (AvgIpc) is 2.70. The van der Waals surface area contributed by atoms with E-state index in [0.717, 1.165) is 58.9 Å². The highest BCUT2D eigenvalue weighted by Crippen LogP contribution is 2.18. The van der Waals surface area contributed by atoms with Crippen molar-refractivity contribution in [1.29, 1.82) is 0 Å². The number of nitrogens with one attached hydrogen (secondary N) is 1. The van der Waals surface area contributed by atoms with Crippen molar-refractivity contribution in [2.24, 2.45) is 0 Å². The minimum absolute atomic E-state index is 0.529. The van der Waals surface area contributed by atoms with Crippen LogP contribution in [0.4, 0.5) is 5.69 Å². The van der Waals surface area contributed by atoms with Crippen LogP contribution >= 0.6 is 0 Å². The van der Waals surface area contributed by atoms with Gasteiger partial charge in [-0.15, -0.1) is 0 Å². The summed E-state index contributed by atoms with van der Waals surface area (Å²) in [6, 6.07) is 20.5. The van der Waals surface area contributed by atoms with E-state index in [0.29, 0.717) is 6.04 Å². The number of hydrogen-bond donors (Lipinski definition) is 1. The Morgan fingerprint density at radius 1 is 0.885 bits per heavy atom. The summed E-state index contributed by atoms with van der Waals surface area (Å²) in [5.41, 5.74) is 4.14. The number of anilines is 1. The Balaban J connectivity index is 1.31. The number of nitrogens with zero attached hydrogens (tertiary/aromatic N) is 2. The number of hydrogen-bond acceptors (Lipinski definition) is 4. The summed E-state index contributed by atoms with van der Waals surface area (Å²) in [7, 11) is 0. The normalized spacial score (nSPS) is 21.7. The third kappa shape index (κ3) is 4.64. The molecule has 0 radical (unpaired) electrons. The zero-order valence-electron chi connectivity index (χ0n) is 15.4. The molecule has 2 aliphatic rings. The monoisotopic (exact) mass is 351 g/mol. The van der Waals surface area contributed by atoms with Crippen molar-refractivity contribution in [2.45, 2.75) is 19.0 Å². The molecule has 2 aromatic carbocycles. The molecule has 2 aromatic rings. The van der Waals surface area contributed by atoms with Crippen molar-refractivity contribution >= 4 is 5.69 Å². The lowest BCUT2D eigenvalue weighted by Gasteiger charge is -2.34. The number of morpholine rings is 1. The van der Waals surface area contributed by atoms with E-state index in [-0.39, 0.29) is 0 Å². The summed E-state index contributed by atoms with van der Waals surface area (Å²) in [6.07, 6.45) is 1.09. The van der Waals surface area contributed by atoms with E-state index in [9.17, 15) is 0 Å². The number of benzene rings is 2. The van der Waals surface area contributed by atoms with Crippen molar-refractivity contribution in [3.8, 4) is 0 Å². The molecule has 1 N–H and O–H groups in total. The molecule has 2 aliphatic heterocycles. The minimum atomic E-state index is 0.529. The maximum Gasteiger partial charge on any atom is 0.0642 e. The molecule has 0 amide bonds.